The highest BCUT2D eigenvalue weighted by Gasteiger charge is 2.26. The molecule has 0 spiro atoms. The third kappa shape index (κ3) is 7.63. The van der Waals surface area contributed by atoms with E-state index in [0.717, 1.165) is 16.7 Å². The van der Waals surface area contributed by atoms with Gasteiger partial charge in [0.2, 0.25) is 11.8 Å². The number of anilines is 1. The molecule has 2 amide bonds. The van der Waals surface area contributed by atoms with E-state index in [9.17, 15) is 22.4 Å². The zero-order valence-corrected chi connectivity index (χ0v) is 22.1. The molecule has 0 unspecified atom stereocenters. The summed E-state index contributed by atoms with van der Waals surface area (Å²) in [5, 5.41) is 2.72. The van der Waals surface area contributed by atoms with Crippen LogP contribution in [0.15, 0.2) is 77.7 Å². The molecule has 3 rings (SSSR count). The van der Waals surface area contributed by atoms with Gasteiger partial charge < -0.3 is 10.2 Å². The fourth-order valence-corrected chi connectivity index (χ4v) is 5.17. The number of benzene rings is 3. The molecule has 0 atom stereocenters. The van der Waals surface area contributed by atoms with Gasteiger partial charge in [-0.05, 0) is 62.7 Å². The lowest BCUT2D eigenvalue weighted by Gasteiger charge is -2.26. The minimum absolute atomic E-state index is 0.0776. The summed E-state index contributed by atoms with van der Waals surface area (Å²) < 4.78 is 41.3. The van der Waals surface area contributed by atoms with Crippen molar-refractivity contribution >= 4 is 27.5 Å². The largest absolute Gasteiger partial charge is 0.350 e. The summed E-state index contributed by atoms with van der Waals surface area (Å²) in [6.07, 6.45) is -0.0992. The van der Waals surface area contributed by atoms with Crippen LogP contribution in [0.25, 0.3) is 0 Å². The smallest absolute Gasteiger partial charge is 0.264 e. The topological polar surface area (TPSA) is 86.8 Å². The Kier molecular flexibility index (Phi) is 9.41. The van der Waals surface area contributed by atoms with Crippen molar-refractivity contribution in [3.8, 4) is 0 Å². The van der Waals surface area contributed by atoms with Gasteiger partial charge in [0.1, 0.15) is 5.82 Å². The summed E-state index contributed by atoms with van der Waals surface area (Å²) in [7, 11) is -3.92. The molecule has 7 nitrogen and oxygen atoms in total. The van der Waals surface area contributed by atoms with Crippen LogP contribution in [0.5, 0.6) is 0 Å². The van der Waals surface area contributed by atoms with Crippen molar-refractivity contribution in [1.29, 1.82) is 0 Å². The van der Waals surface area contributed by atoms with Crippen molar-refractivity contribution in [2.45, 2.75) is 38.6 Å². The van der Waals surface area contributed by atoms with Crippen molar-refractivity contribution in [3.63, 3.8) is 0 Å². The van der Waals surface area contributed by atoms with Gasteiger partial charge >= 0.3 is 0 Å². The molecule has 196 valence electrons. The van der Waals surface area contributed by atoms with Gasteiger partial charge in [0, 0.05) is 26.1 Å². The average molecular weight is 526 g/mol. The molecule has 3 aromatic rings. The summed E-state index contributed by atoms with van der Waals surface area (Å²) >= 11 is 0. The van der Waals surface area contributed by atoms with Crippen LogP contribution in [-0.4, -0.2) is 44.8 Å². The summed E-state index contributed by atoms with van der Waals surface area (Å²) in [6, 6.07) is 19.4. The molecule has 1 N–H and O–H groups in total. The monoisotopic (exact) mass is 525 g/mol. The maximum absolute atomic E-state index is 13.5. The molecule has 0 saturated carbocycles. The summed E-state index contributed by atoms with van der Waals surface area (Å²) in [6.45, 7) is 5.80. The van der Waals surface area contributed by atoms with Crippen molar-refractivity contribution in [2.24, 2.45) is 0 Å². The second-order valence-corrected chi connectivity index (χ2v) is 10.6. The fourth-order valence-electron chi connectivity index (χ4n) is 3.70. The number of hydrogen-bond acceptors (Lipinski definition) is 4. The van der Waals surface area contributed by atoms with Crippen molar-refractivity contribution in [2.75, 3.05) is 23.9 Å². The Morgan fingerprint density at radius 2 is 1.43 bits per heavy atom. The molecule has 0 aromatic heterocycles. The highest BCUT2D eigenvalue weighted by atomic mass is 32.2. The van der Waals surface area contributed by atoms with E-state index >= 15 is 0 Å². The first-order valence-corrected chi connectivity index (χ1v) is 13.5. The highest BCUT2D eigenvalue weighted by Crippen LogP contribution is 2.25. The number of nitrogens with one attached hydrogen (secondary N) is 1. The van der Waals surface area contributed by atoms with Crippen LogP contribution in [0, 0.1) is 19.7 Å². The Morgan fingerprint density at radius 1 is 0.865 bits per heavy atom. The van der Waals surface area contributed by atoms with Crippen LogP contribution in [0.2, 0.25) is 0 Å². The normalized spacial score (nSPS) is 11.1. The zero-order chi connectivity index (χ0) is 27.0. The lowest BCUT2D eigenvalue weighted by molar-refractivity contribution is -0.135. The van der Waals surface area contributed by atoms with Gasteiger partial charge in [-0.2, -0.15) is 0 Å². The average Bonchev–Trinajstić information content (AvgIpc) is 2.88. The number of carbonyl (C=O) groups is 2. The van der Waals surface area contributed by atoms with Gasteiger partial charge in [-0.15, -0.1) is 0 Å². The lowest BCUT2D eigenvalue weighted by atomic mass is 10.2. The number of carbonyl (C=O) groups excluding carboxylic acids is 2. The van der Waals surface area contributed by atoms with Gasteiger partial charge in [0.15, 0.2) is 0 Å². The molecule has 0 radical (unpaired) electrons. The molecule has 37 heavy (non-hydrogen) atoms. The van der Waals surface area contributed by atoms with Crippen LogP contribution >= 0.6 is 0 Å². The van der Waals surface area contributed by atoms with E-state index in [2.05, 4.69) is 5.32 Å². The molecule has 9 heteroatoms. The second kappa shape index (κ2) is 12.5. The quantitative estimate of drug-likeness (QED) is 0.407. The molecular weight excluding hydrogens is 493 g/mol. The number of nitrogens with zero attached hydrogens (tertiary/aromatic N) is 2. The number of rotatable bonds is 11. The van der Waals surface area contributed by atoms with Crippen molar-refractivity contribution in [1.82, 2.24) is 10.2 Å². The van der Waals surface area contributed by atoms with Crippen LogP contribution < -0.4 is 9.62 Å². The number of aryl methyl sites for hydroxylation is 2. The van der Waals surface area contributed by atoms with Crippen LogP contribution in [0.1, 0.15) is 30.0 Å². The van der Waals surface area contributed by atoms with E-state index in [0.29, 0.717) is 5.69 Å². The predicted octanol–water partition coefficient (Wildman–Crippen LogP) is 4.19. The maximum Gasteiger partial charge on any atom is 0.264 e. The zero-order valence-electron chi connectivity index (χ0n) is 21.3. The van der Waals surface area contributed by atoms with Crippen molar-refractivity contribution in [3.05, 3.63) is 95.3 Å². The third-order valence-electron chi connectivity index (χ3n) is 5.93. The van der Waals surface area contributed by atoms with Gasteiger partial charge in [-0.3, -0.25) is 13.9 Å². The predicted molar refractivity (Wildman–Crippen MR) is 142 cm³/mol. The highest BCUT2D eigenvalue weighted by molar-refractivity contribution is 7.92. The number of halogens is 1. The van der Waals surface area contributed by atoms with E-state index in [1.807, 2.05) is 26.0 Å². The standard InChI is InChI=1S/C28H32FN3O4S/c1-4-31(20-27(33)30-19-23-9-11-24(29)12-10-23)28(34)17-18-32(25-13-5-21(2)6-14-25)37(35,36)26-15-7-22(3)8-16-26/h5-16H,4,17-20H2,1-3H3,(H,30,33). The van der Waals surface area contributed by atoms with Gasteiger partial charge in [-0.25, -0.2) is 12.8 Å². The summed E-state index contributed by atoms with van der Waals surface area (Å²) in [4.78, 5) is 27.0. The molecule has 0 bridgehead atoms. The van der Waals surface area contributed by atoms with Crippen LogP contribution in [0.4, 0.5) is 10.1 Å². The van der Waals surface area contributed by atoms with Crippen LogP contribution in [-0.2, 0) is 26.2 Å². The number of amides is 2. The van der Waals surface area contributed by atoms with Crippen LogP contribution in [0.3, 0.4) is 0 Å². The number of hydrogen-bond donors (Lipinski definition) is 1. The fraction of sp³-hybridized carbons (Fsp3) is 0.286. The Balaban J connectivity index is 1.69. The minimum atomic E-state index is -3.92. The first-order chi connectivity index (χ1) is 17.6. The van der Waals surface area contributed by atoms with Gasteiger partial charge in [0.05, 0.1) is 17.1 Å². The second-order valence-electron chi connectivity index (χ2n) is 8.79. The number of likely N-dealkylation sites (N-methyl/N-ethyl adjacent to an activating group) is 1. The SMILES string of the molecule is CCN(CC(=O)NCc1ccc(F)cc1)C(=O)CCN(c1ccc(C)cc1)S(=O)(=O)c1ccc(C)cc1. The molecule has 3 aromatic carbocycles. The molecule has 0 saturated heterocycles. The van der Waals surface area contributed by atoms with E-state index in [4.69, 9.17) is 0 Å². The summed E-state index contributed by atoms with van der Waals surface area (Å²) in [5.41, 5.74) is 3.11. The van der Waals surface area contributed by atoms with E-state index in [1.54, 1.807) is 55.5 Å². The Hall–Kier alpha value is -3.72. The minimum Gasteiger partial charge on any atom is -0.350 e. The molecular formula is C28H32FN3O4S. The first-order valence-electron chi connectivity index (χ1n) is 12.0. The summed E-state index contributed by atoms with van der Waals surface area (Å²) in [5.74, 6) is -1.06. The van der Waals surface area contributed by atoms with E-state index in [1.165, 1.54) is 21.3 Å². The van der Waals surface area contributed by atoms with Gasteiger partial charge in [-0.1, -0.05) is 47.5 Å². The van der Waals surface area contributed by atoms with Gasteiger partial charge in [0.25, 0.3) is 10.0 Å². The molecule has 0 fully saturated rings. The Morgan fingerprint density at radius 3 is 2.00 bits per heavy atom. The molecule has 0 aliphatic rings. The van der Waals surface area contributed by atoms with E-state index < -0.39 is 10.0 Å². The maximum atomic E-state index is 13.5. The Labute approximate surface area is 218 Å². The molecule has 0 aliphatic heterocycles. The lowest BCUT2D eigenvalue weighted by Crippen LogP contribution is -2.42. The number of sulfonamides is 1. The molecule has 0 aliphatic carbocycles. The van der Waals surface area contributed by atoms with E-state index in [-0.39, 0.29) is 55.1 Å². The first kappa shape index (κ1) is 27.9. The Bertz CT molecular complexity index is 1310. The molecule has 0 heterocycles. The third-order valence-corrected chi connectivity index (χ3v) is 7.77. The van der Waals surface area contributed by atoms with Crippen molar-refractivity contribution < 1.29 is 22.4 Å².